The van der Waals surface area contributed by atoms with Crippen LogP contribution in [0.1, 0.15) is 19.8 Å². The van der Waals surface area contributed by atoms with Gasteiger partial charge in [0.1, 0.15) is 5.38 Å². The lowest BCUT2D eigenvalue weighted by Gasteiger charge is -2.34. The molecule has 1 saturated heterocycles. The number of carbonyl (C=O) groups excluding carboxylic acids is 1. The number of amides is 1. The van der Waals surface area contributed by atoms with Crippen LogP contribution >= 0.6 is 11.6 Å². The SMILES string of the molecule is COCCN(C(=O)C(C)Cl)C1CCOCC1. The van der Waals surface area contributed by atoms with E-state index in [4.69, 9.17) is 21.1 Å². The second kappa shape index (κ2) is 7.09. The smallest absolute Gasteiger partial charge is 0.240 e. The van der Waals surface area contributed by atoms with Gasteiger partial charge in [-0.3, -0.25) is 4.79 Å². The fourth-order valence-electron chi connectivity index (χ4n) is 1.89. The Labute approximate surface area is 102 Å². The summed E-state index contributed by atoms with van der Waals surface area (Å²) in [5.74, 6) is -0.00869. The molecule has 1 unspecified atom stereocenters. The van der Waals surface area contributed by atoms with Crippen molar-refractivity contribution in [3.8, 4) is 0 Å². The molecule has 1 fully saturated rings. The van der Waals surface area contributed by atoms with Crippen LogP contribution in [0.5, 0.6) is 0 Å². The lowest BCUT2D eigenvalue weighted by Crippen LogP contribution is -2.47. The maximum absolute atomic E-state index is 11.9. The summed E-state index contributed by atoms with van der Waals surface area (Å²) in [5, 5.41) is -0.472. The molecule has 0 spiro atoms. The van der Waals surface area contributed by atoms with Crippen molar-refractivity contribution in [3.63, 3.8) is 0 Å². The van der Waals surface area contributed by atoms with E-state index in [2.05, 4.69) is 0 Å². The molecule has 0 N–H and O–H groups in total. The van der Waals surface area contributed by atoms with Gasteiger partial charge in [-0.25, -0.2) is 0 Å². The third-order valence-electron chi connectivity index (χ3n) is 2.79. The van der Waals surface area contributed by atoms with Crippen molar-refractivity contribution < 1.29 is 14.3 Å². The van der Waals surface area contributed by atoms with Gasteiger partial charge in [0.2, 0.25) is 5.91 Å². The fraction of sp³-hybridized carbons (Fsp3) is 0.909. The van der Waals surface area contributed by atoms with Gasteiger partial charge in [0.25, 0.3) is 0 Å². The average Bonchev–Trinajstić information content (AvgIpc) is 2.30. The van der Waals surface area contributed by atoms with Crippen LogP contribution in [-0.4, -0.2) is 55.7 Å². The minimum atomic E-state index is -0.472. The van der Waals surface area contributed by atoms with Crippen molar-refractivity contribution in [2.75, 3.05) is 33.5 Å². The minimum Gasteiger partial charge on any atom is -0.383 e. The molecule has 0 bridgehead atoms. The van der Waals surface area contributed by atoms with Gasteiger partial charge < -0.3 is 14.4 Å². The molecule has 1 rings (SSSR count). The van der Waals surface area contributed by atoms with E-state index in [0.717, 1.165) is 26.1 Å². The molecule has 1 aliphatic rings. The van der Waals surface area contributed by atoms with E-state index in [0.29, 0.717) is 13.2 Å². The predicted molar refractivity (Wildman–Crippen MR) is 62.7 cm³/mol. The van der Waals surface area contributed by atoms with Gasteiger partial charge in [-0.1, -0.05) is 0 Å². The van der Waals surface area contributed by atoms with Crippen molar-refractivity contribution in [3.05, 3.63) is 0 Å². The van der Waals surface area contributed by atoms with E-state index in [-0.39, 0.29) is 11.9 Å². The maximum Gasteiger partial charge on any atom is 0.240 e. The Bertz CT molecular complexity index is 217. The number of alkyl halides is 1. The Morgan fingerprint density at radius 2 is 2.19 bits per heavy atom. The highest BCUT2D eigenvalue weighted by Gasteiger charge is 2.27. The van der Waals surface area contributed by atoms with Crippen LogP contribution in [0, 0.1) is 0 Å². The lowest BCUT2D eigenvalue weighted by molar-refractivity contribution is -0.135. The molecule has 0 aromatic rings. The highest BCUT2D eigenvalue weighted by molar-refractivity contribution is 6.30. The lowest BCUT2D eigenvalue weighted by atomic mass is 10.1. The van der Waals surface area contributed by atoms with Gasteiger partial charge in [0, 0.05) is 32.9 Å². The zero-order valence-corrected chi connectivity index (χ0v) is 10.7. The first kappa shape index (κ1) is 13.7. The van der Waals surface area contributed by atoms with Gasteiger partial charge in [-0.05, 0) is 19.8 Å². The predicted octanol–water partition coefficient (Wildman–Crippen LogP) is 1.27. The van der Waals surface area contributed by atoms with Crippen LogP contribution in [0.4, 0.5) is 0 Å². The van der Waals surface area contributed by atoms with Crippen molar-refractivity contribution in [2.24, 2.45) is 0 Å². The number of ether oxygens (including phenoxy) is 2. The van der Waals surface area contributed by atoms with E-state index < -0.39 is 5.38 Å². The third kappa shape index (κ3) is 3.92. The molecule has 5 heteroatoms. The molecule has 1 atom stereocenters. The highest BCUT2D eigenvalue weighted by atomic mass is 35.5. The first-order chi connectivity index (χ1) is 7.66. The second-order valence-corrected chi connectivity index (χ2v) is 4.64. The van der Waals surface area contributed by atoms with Crippen molar-refractivity contribution >= 4 is 17.5 Å². The summed E-state index contributed by atoms with van der Waals surface area (Å²) < 4.78 is 10.3. The van der Waals surface area contributed by atoms with Crippen LogP contribution < -0.4 is 0 Å². The Morgan fingerprint density at radius 3 is 2.69 bits per heavy atom. The normalized spacial score (nSPS) is 19.4. The van der Waals surface area contributed by atoms with Gasteiger partial charge in [0.15, 0.2) is 0 Å². The van der Waals surface area contributed by atoms with Crippen LogP contribution in [-0.2, 0) is 14.3 Å². The van der Waals surface area contributed by atoms with E-state index >= 15 is 0 Å². The summed E-state index contributed by atoms with van der Waals surface area (Å²) in [7, 11) is 1.64. The number of methoxy groups -OCH3 is 1. The molecule has 0 saturated carbocycles. The van der Waals surface area contributed by atoms with Crippen LogP contribution in [0.25, 0.3) is 0 Å². The van der Waals surface area contributed by atoms with E-state index in [1.54, 1.807) is 14.0 Å². The molecule has 1 heterocycles. The number of hydrogen-bond acceptors (Lipinski definition) is 3. The molecule has 4 nitrogen and oxygen atoms in total. The largest absolute Gasteiger partial charge is 0.383 e. The molecule has 16 heavy (non-hydrogen) atoms. The summed E-state index contributed by atoms with van der Waals surface area (Å²) in [6, 6.07) is 0.248. The van der Waals surface area contributed by atoms with Gasteiger partial charge in [-0.2, -0.15) is 0 Å². The quantitative estimate of drug-likeness (QED) is 0.689. The highest BCUT2D eigenvalue weighted by Crippen LogP contribution is 2.16. The van der Waals surface area contributed by atoms with Gasteiger partial charge in [0.05, 0.1) is 6.61 Å². The van der Waals surface area contributed by atoms with Crippen LogP contribution in [0.2, 0.25) is 0 Å². The molecule has 0 aliphatic carbocycles. The number of nitrogens with zero attached hydrogens (tertiary/aromatic N) is 1. The number of hydrogen-bond donors (Lipinski definition) is 0. The minimum absolute atomic E-state index is 0.00869. The van der Waals surface area contributed by atoms with Crippen molar-refractivity contribution in [2.45, 2.75) is 31.2 Å². The van der Waals surface area contributed by atoms with E-state index in [1.807, 2.05) is 4.90 Å². The van der Waals surface area contributed by atoms with Gasteiger partial charge >= 0.3 is 0 Å². The first-order valence-corrected chi connectivity index (χ1v) is 6.11. The summed E-state index contributed by atoms with van der Waals surface area (Å²) in [6.07, 6.45) is 1.78. The summed E-state index contributed by atoms with van der Waals surface area (Å²) >= 11 is 5.86. The van der Waals surface area contributed by atoms with E-state index in [1.165, 1.54) is 0 Å². The number of carbonyl (C=O) groups is 1. The number of rotatable bonds is 5. The van der Waals surface area contributed by atoms with Crippen molar-refractivity contribution in [1.29, 1.82) is 0 Å². The molecule has 1 aliphatic heterocycles. The topological polar surface area (TPSA) is 38.8 Å². The van der Waals surface area contributed by atoms with E-state index in [9.17, 15) is 4.79 Å². The first-order valence-electron chi connectivity index (χ1n) is 5.68. The molecule has 1 amide bonds. The fourth-order valence-corrected chi connectivity index (χ4v) is 2.01. The summed E-state index contributed by atoms with van der Waals surface area (Å²) in [5.41, 5.74) is 0. The standard InChI is InChI=1S/C11H20ClNO3/c1-9(12)11(14)13(5-8-15-2)10-3-6-16-7-4-10/h9-10H,3-8H2,1-2H3. The molecular formula is C11H20ClNO3. The Morgan fingerprint density at radius 1 is 1.56 bits per heavy atom. The summed E-state index contributed by atoms with van der Waals surface area (Å²) in [4.78, 5) is 13.8. The number of halogens is 1. The van der Waals surface area contributed by atoms with Crippen LogP contribution in [0.3, 0.4) is 0 Å². The summed E-state index contributed by atoms with van der Waals surface area (Å²) in [6.45, 7) is 4.31. The molecule has 0 radical (unpaired) electrons. The zero-order valence-electron chi connectivity index (χ0n) is 9.95. The second-order valence-electron chi connectivity index (χ2n) is 3.98. The average molecular weight is 250 g/mol. The molecule has 0 aromatic carbocycles. The molecular weight excluding hydrogens is 230 g/mol. The third-order valence-corrected chi connectivity index (χ3v) is 2.98. The zero-order chi connectivity index (χ0) is 12.0. The van der Waals surface area contributed by atoms with Crippen molar-refractivity contribution in [1.82, 2.24) is 4.90 Å². The van der Waals surface area contributed by atoms with Gasteiger partial charge in [-0.15, -0.1) is 11.6 Å². The Balaban J connectivity index is 2.57. The Hall–Kier alpha value is -0.320. The maximum atomic E-state index is 11.9. The monoisotopic (exact) mass is 249 g/mol. The molecule has 0 aromatic heterocycles. The van der Waals surface area contributed by atoms with Crippen LogP contribution in [0.15, 0.2) is 0 Å². The Kier molecular flexibility index (Phi) is 6.09. The molecule has 94 valence electrons.